The number of amides is 2. The predicted octanol–water partition coefficient (Wildman–Crippen LogP) is 5.87. The van der Waals surface area contributed by atoms with Crippen LogP contribution in [0.25, 0.3) is 0 Å². The Bertz CT molecular complexity index is 1410. The zero-order valence-corrected chi connectivity index (χ0v) is 25.3. The lowest BCUT2D eigenvalue weighted by molar-refractivity contribution is -0.140. The third kappa shape index (κ3) is 7.64. The van der Waals surface area contributed by atoms with Crippen LogP contribution in [-0.4, -0.2) is 43.8 Å². The number of nitrogens with zero attached hydrogens (tertiary/aromatic N) is 2. The van der Waals surface area contributed by atoms with E-state index in [0.717, 1.165) is 21.9 Å². The Balaban J connectivity index is 2.06. The molecule has 0 unspecified atom stereocenters. The van der Waals surface area contributed by atoms with Gasteiger partial charge in [0.2, 0.25) is 11.8 Å². The van der Waals surface area contributed by atoms with Crippen molar-refractivity contribution < 1.29 is 18.0 Å². The van der Waals surface area contributed by atoms with E-state index in [2.05, 4.69) is 5.32 Å². The lowest BCUT2D eigenvalue weighted by Gasteiger charge is -2.34. The summed E-state index contributed by atoms with van der Waals surface area (Å²) in [6.07, 6.45) is 1.10. The summed E-state index contributed by atoms with van der Waals surface area (Å²) in [7, 11) is -4.11. The molecule has 3 rings (SSSR count). The Labute approximate surface area is 243 Å². The summed E-state index contributed by atoms with van der Waals surface area (Å²) in [6.45, 7) is 9.05. The molecule has 3 aromatic rings. The van der Waals surface area contributed by atoms with Crippen LogP contribution >= 0.6 is 11.6 Å². The molecule has 214 valence electrons. The molecule has 9 heteroatoms. The molecule has 0 aromatic heterocycles. The summed E-state index contributed by atoms with van der Waals surface area (Å²) >= 11 is 6.08. The number of carbonyl (C=O) groups is 2. The van der Waals surface area contributed by atoms with E-state index >= 15 is 0 Å². The third-order valence-electron chi connectivity index (χ3n) is 6.93. The second-order valence-corrected chi connectivity index (χ2v) is 12.3. The van der Waals surface area contributed by atoms with Gasteiger partial charge in [0.05, 0.1) is 10.6 Å². The molecule has 2 amide bonds. The molecular weight excluding hydrogens is 546 g/mol. The zero-order valence-electron chi connectivity index (χ0n) is 23.7. The molecule has 0 fully saturated rings. The number of anilines is 1. The largest absolute Gasteiger partial charge is 0.352 e. The lowest BCUT2D eigenvalue weighted by Crippen LogP contribution is -2.53. The molecule has 0 spiro atoms. The van der Waals surface area contributed by atoms with E-state index in [1.807, 2.05) is 33.8 Å². The molecule has 0 heterocycles. The Morgan fingerprint density at radius 3 is 2.10 bits per heavy atom. The molecule has 0 aliphatic rings. The Kier molecular flexibility index (Phi) is 10.8. The van der Waals surface area contributed by atoms with Crippen LogP contribution in [0.15, 0.2) is 77.7 Å². The molecule has 0 saturated carbocycles. The molecular formula is C31H38ClN3O4S. The van der Waals surface area contributed by atoms with Crippen LogP contribution in [0.1, 0.15) is 50.3 Å². The van der Waals surface area contributed by atoms with Crippen molar-refractivity contribution in [2.45, 2.75) is 71.0 Å². The van der Waals surface area contributed by atoms with E-state index in [9.17, 15) is 18.0 Å². The Hall–Kier alpha value is -3.36. The number of halogens is 1. The highest BCUT2D eigenvalue weighted by atomic mass is 35.5. The van der Waals surface area contributed by atoms with E-state index in [4.69, 9.17) is 11.6 Å². The van der Waals surface area contributed by atoms with Crippen molar-refractivity contribution in [2.75, 3.05) is 10.8 Å². The molecule has 0 radical (unpaired) electrons. The van der Waals surface area contributed by atoms with Gasteiger partial charge in [-0.2, -0.15) is 0 Å². The van der Waals surface area contributed by atoms with Crippen molar-refractivity contribution in [1.29, 1.82) is 0 Å². The van der Waals surface area contributed by atoms with Crippen molar-refractivity contribution in [3.8, 4) is 0 Å². The van der Waals surface area contributed by atoms with Crippen LogP contribution < -0.4 is 9.62 Å². The highest BCUT2D eigenvalue weighted by molar-refractivity contribution is 7.92. The summed E-state index contributed by atoms with van der Waals surface area (Å²) in [5, 5.41) is 3.53. The molecule has 7 nitrogen and oxygen atoms in total. The first-order chi connectivity index (χ1) is 19.0. The average Bonchev–Trinajstić information content (AvgIpc) is 2.93. The Morgan fingerprint density at radius 2 is 1.52 bits per heavy atom. The quantitative estimate of drug-likeness (QED) is 0.289. The van der Waals surface area contributed by atoms with Gasteiger partial charge in [-0.05, 0) is 75.1 Å². The van der Waals surface area contributed by atoms with Gasteiger partial charge in [-0.15, -0.1) is 0 Å². The summed E-state index contributed by atoms with van der Waals surface area (Å²) < 4.78 is 29.1. The SMILES string of the molecule is CC[C@H](C(=O)N[C@@H](C)CC)N(Cc1ccc(Cl)cc1)C(=O)CN(c1ccccc1C)S(=O)(=O)c1ccc(C)cc1. The molecule has 40 heavy (non-hydrogen) atoms. The highest BCUT2D eigenvalue weighted by Crippen LogP contribution is 2.28. The maximum Gasteiger partial charge on any atom is 0.264 e. The standard InChI is InChI=1S/C31H38ClN3O4S/c1-6-24(5)33-31(37)28(7-2)34(20-25-14-16-26(32)17-15-25)30(36)21-35(29-11-9-8-10-23(29)4)40(38,39)27-18-12-22(3)13-19-27/h8-19,24,28H,6-7,20-21H2,1-5H3,(H,33,37)/t24-,28+/m0/s1. The van der Waals surface area contributed by atoms with Crippen molar-refractivity contribution >= 4 is 39.1 Å². The van der Waals surface area contributed by atoms with Gasteiger partial charge in [-0.25, -0.2) is 8.42 Å². The number of para-hydroxylation sites is 1. The zero-order chi connectivity index (χ0) is 29.4. The maximum absolute atomic E-state index is 14.1. The minimum Gasteiger partial charge on any atom is -0.352 e. The molecule has 3 aromatic carbocycles. The molecule has 2 atom stereocenters. The average molecular weight is 584 g/mol. The van der Waals surface area contributed by atoms with Gasteiger partial charge < -0.3 is 10.2 Å². The number of carbonyl (C=O) groups excluding carboxylic acids is 2. The predicted molar refractivity (Wildman–Crippen MR) is 161 cm³/mol. The summed E-state index contributed by atoms with van der Waals surface area (Å²) in [6, 6.07) is 19.8. The topological polar surface area (TPSA) is 86.8 Å². The van der Waals surface area contributed by atoms with Gasteiger partial charge in [0.25, 0.3) is 10.0 Å². The van der Waals surface area contributed by atoms with Crippen molar-refractivity contribution in [2.24, 2.45) is 0 Å². The Morgan fingerprint density at radius 1 is 0.900 bits per heavy atom. The van der Waals surface area contributed by atoms with Crippen LogP contribution in [0.2, 0.25) is 5.02 Å². The number of nitrogens with one attached hydrogen (secondary N) is 1. The van der Waals surface area contributed by atoms with Crippen LogP contribution in [0, 0.1) is 13.8 Å². The van der Waals surface area contributed by atoms with Crippen molar-refractivity contribution in [3.05, 3.63) is 94.5 Å². The van der Waals surface area contributed by atoms with Gasteiger partial charge in [0.15, 0.2) is 0 Å². The number of benzene rings is 3. The summed E-state index contributed by atoms with van der Waals surface area (Å²) in [5.74, 6) is -0.761. The first-order valence-corrected chi connectivity index (χ1v) is 15.3. The number of hydrogen-bond acceptors (Lipinski definition) is 4. The molecule has 0 bridgehead atoms. The molecule has 0 aliphatic heterocycles. The van der Waals surface area contributed by atoms with E-state index in [1.165, 1.54) is 4.90 Å². The summed E-state index contributed by atoms with van der Waals surface area (Å²) in [5.41, 5.74) is 2.80. The van der Waals surface area contributed by atoms with Gasteiger partial charge in [-0.3, -0.25) is 13.9 Å². The monoisotopic (exact) mass is 583 g/mol. The van der Waals surface area contributed by atoms with E-state index in [0.29, 0.717) is 22.7 Å². The van der Waals surface area contributed by atoms with Gasteiger partial charge in [-0.1, -0.05) is 73.5 Å². The van der Waals surface area contributed by atoms with Crippen LogP contribution in [0.3, 0.4) is 0 Å². The van der Waals surface area contributed by atoms with Crippen LogP contribution in [0.4, 0.5) is 5.69 Å². The maximum atomic E-state index is 14.1. The van der Waals surface area contributed by atoms with E-state index < -0.39 is 28.5 Å². The van der Waals surface area contributed by atoms with E-state index in [-0.39, 0.29) is 23.4 Å². The number of aryl methyl sites for hydroxylation is 2. The van der Waals surface area contributed by atoms with Gasteiger partial charge >= 0.3 is 0 Å². The fourth-order valence-corrected chi connectivity index (χ4v) is 5.95. The molecule has 1 N–H and O–H groups in total. The minimum absolute atomic E-state index is 0.0700. The number of sulfonamides is 1. The van der Waals surface area contributed by atoms with Crippen molar-refractivity contribution in [1.82, 2.24) is 10.2 Å². The second kappa shape index (κ2) is 13.8. The van der Waals surface area contributed by atoms with Gasteiger partial charge in [0, 0.05) is 17.6 Å². The summed E-state index contributed by atoms with van der Waals surface area (Å²) in [4.78, 5) is 29.0. The van der Waals surface area contributed by atoms with Crippen LogP contribution in [-0.2, 0) is 26.2 Å². The van der Waals surface area contributed by atoms with Gasteiger partial charge in [0.1, 0.15) is 12.6 Å². The molecule has 0 aliphatic carbocycles. The first kappa shape index (κ1) is 31.2. The van der Waals surface area contributed by atoms with Crippen LogP contribution in [0.5, 0.6) is 0 Å². The highest BCUT2D eigenvalue weighted by Gasteiger charge is 2.34. The van der Waals surface area contributed by atoms with Crippen molar-refractivity contribution in [3.63, 3.8) is 0 Å². The number of rotatable bonds is 12. The smallest absolute Gasteiger partial charge is 0.264 e. The van der Waals surface area contributed by atoms with E-state index in [1.54, 1.807) is 73.7 Å². The normalized spacial score (nSPS) is 12.8. The fraction of sp³-hybridized carbons (Fsp3) is 0.355. The number of hydrogen-bond donors (Lipinski definition) is 1. The lowest BCUT2D eigenvalue weighted by atomic mass is 10.1. The third-order valence-corrected chi connectivity index (χ3v) is 8.95. The molecule has 0 saturated heterocycles. The first-order valence-electron chi connectivity index (χ1n) is 13.5. The second-order valence-electron chi connectivity index (χ2n) is 10.0. The minimum atomic E-state index is -4.11. The fourth-order valence-electron chi connectivity index (χ4n) is 4.34.